The lowest BCUT2D eigenvalue weighted by molar-refractivity contribution is 0.314. The molecule has 0 saturated carbocycles. The highest BCUT2D eigenvalue weighted by atomic mass is 35.5. The molecule has 0 unspecified atom stereocenters. The molecule has 8 nitrogen and oxygen atoms in total. The van der Waals surface area contributed by atoms with Gasteiger partial charge in [-0.25, -0.2) is 14.6 Å². The monoisotopic (exact) mass is 404 g/mol. The van der Waals surface area contributed by atoms with Gasteiger partial charge in [-0.1, -0.05) is 23.2 Å². The number of aromatic nitrogens is 4. The van der Waals surface area contributed by atoms with Gasteiger partial charge in [-0.15, -0.1) is 0 Å². The zero-order valence-corrected chi connectivity index (χ0v) is 15.6. The highest BCUT2D eigenvalue weighted by Crippen LogP contribution is 2.32. The highest BCUT2D eigenvalue weighted by Gasteiger charge is 2.15. The van der Waals surface area contributed by atoms with E-state index in [0.29, 0.717) is 38.5 Å². The van der Waals surface area contributed by atoms with E-state index >= 15 is 0 Å². The fraction of sp³-hybridized carbons (Fsp3) is 0.0588. The second-order valence-electron chi connectivity index (χ2n) is 5.31. The summed E-state index contributed by atoms with van der Waals surface area (Å²) in [5.74, 6) is 1.22. The number of methoxy groups -OCH3 is 1. The largest absolute Gasteiger partial charge is 0.497 e. The summed E-state index contributed by atoms with van der Waals surface area (Å²) in [7, 11) is 1.61. The van der Waals surface area contributed by atoms with E-state index < -0.39 is 0 Å². The summed E-state index contributed by atoms with van der Waals surface area (Å²) in [6.07, 6.45) is 0. The van der Waals surface area contributed by atoms with Crippen molar-refractivity contribution in [1.82, 2.24) is 26.4 Å². The van der Waals surface area contributed by atoms with Crippen LogP contribution in [0.15, 0.2) is 47.1 Å². The molecular weight excluding hydrogens is 391 g/mol. The zero-order chi connectivity index (χ0) is 18.1. The van der Waals surface area contributed by atoms with E-state index in [1.807, 2.05) is 24.3 Å². The molecule has 0 radical (unpaired) electrons. The van der Waals surface area contributed by atoms with Crippen molar-refractivity contribution in [2.75, 3.05) is 12.4 Å². The number of nitrogens with one attached hydrogen (secondary N) is 1. The number of anilines is 2. The molecule has 138 valence electrons. The third kappa shape index (κ3) is 3.77. The van der Waals surface area contributed by atoms with Gasteiger partial charge in [-0.2, -0.15) is 0 Å². The summed E-state index contributed by atoms with van der Waals surface area (Å²) < 4.78 is 9.92. The van der Waals surface area contributed by atoms with Gasteiger partial charge in [0, 0.05) is 11.3 Å². The van der Waals surface area contributed by atoms with Gasteiger partial charge < -0.3 is 16.2 Å². The molecule has 4 aromatic rings. The predicted octanol–water partition coefficient (Wildman–Crippen LogP) is 4.90. The third-order valence-corrected chi connectivity index (χ3v) is 4.40. The van der Waals surface area contributed by atoms with Crippen LogP contribution < -0.4 is 16.2 Å². The summed E-state index contributed by atoms with van der Waals surface area (Å²) >= 11 is 12.1. The summed E-state index contributed by atoms with van der Waals surface area (Å²) in [5, 5.41) is 11.6. The number of nitrogens with zero attached hydrogens (tertiary/aromatic N) is 4. The fourth-order valence-corrected chi connectivity index (χ4v) is 2.68. The molecule has 0 atom stereocenters. The van der Waals surface area contributed by atoms with Crippen LogP contribution in [0, 0.1) is 0 Å². The third-order valence-electron chi connectivity index (χ3n) is 3.66. The second-order valence-corrected chi connectivity index (χ2v) is 6.13. The maximum absolute atomic E-state index is 6.09. The summed E-state index contributed by atoms with van der Waals surface area (Å²) in [6, 6.07) is 12.6. The molecule has 0 spiro atoms. The van der Waals surface area contributed by atoms with Gasteiger partial charge in [-0.3, -0.25) is 0 Å². The first-order chi connectivity index (χ1) is 12.6. The van der Waals surface area contributed by atoms with E-state index in [2.05, 4.69) is 25.6 Å². The SMILES string of the molecule is COc1ccc(-c2nc3nonc3nc2Nc2ccc(Cl)c(Cl)c2)cc1.N. The van der Waals surface area contributed by atoms with Crippen molar-refractivity contribution in [3.05, 3.63) is 52.5 Å². The van der Waals surface area contributed by atoms with E-state index in [1.54, 1.807) is 25.3 Å². The number of benzene rings is 2. The van der Waals surface area contributed by atoms with Gasteiger partial charge in [0.15, 0.2) is 5.82 Å². The summed E-state index contributed by atoms with van der Waals surface area (Å²) in [6.45, 7) is 0. The van der Waals surface area contributed by atoms with Gasteiger partial charge >= 0.3 is 0 Å². The fourth-order valence-electron chi connectivity index (χ4n) is 2.39. The van der Waals surface area contributed by atoms with Crippen LogP contribution in [-0.4, -0.2) is 27.4 Å². The van der Waals surface area contributed by atoms with Crippen LogP contribution >= 0.6 is 23.2 Å². The van der Waals surface area contributed by atoms with E-state index in [0.717, 1.165) is 11.3 Å². The topological polar surface area (TPSA) is 121 Å². The smallest absolute Gasteiger partial charge is 0.245 e. The molecule has 2 aromatic heterocycles. The van der Waals surface area contributed by atoms with Crippen LogP contribution in [0.5, 0.6) is 5.75 Å². The van der Waals surface area contributed by atoms with E-state index in [-0.39, 0.29) is 6.15 Å². The van der Waals surface area contributed by atoms with Gasteiger partial charge in [0.1, 0.15) is 11.4 Å². The average molecular weight is 405 g/mol. The minimum Gasteiger partial charge on any atom is -0.497 e. The molecule has 10 heteroatoms. The number of rotatable bonds is 4. The van der Waals surface area contributed by atoms with Gasteiger partial charge in [-0.05, 0) is 52.8 Å². The Morgan fingerprint density at radius 1 is 0.926 bits per heavy atom. The molecule has 0 bridgehead atoms. The van der Waals surface area contributed by atoms with Crippen molar-refractivity contribution >= 4 is 46.0 Å². The Morgan fingerprint density at radius 2 is 1.63 bits per heavy atom. The first-order valence-corrected chi connectivity index (χ1v) is 8.26. The van der Waals surface area contributed by atoms with Crippen LogP contribution in [-0.2, 0) is 0 Å². The van der Waals surface area contributed by atoms with Crippen LogP contribution in [0.1, 0.15) is 0 Å². The van der Waals surface area contributed by atoms with E-state index in [1.165, 1.54) is 0 Å². The van der Waals surface area contributed by atoms with Gasteiger partial charge in [0.05, 0.1) is 17.2 Å². The Balaban J connectivity index is 0.00000210. The maximum atomic E-state index is 6.09. The van der Waals surface area contributed by atoms with Crippen LogP contribution in [0.2, 0.25) is 10.0 Å². The molecule has 2 heterocycles. The van der Waals surface area contributed by atoms with Crippen LogP contribution in [0.4, 0.5) is 11.5 Å². The van der Waals surface area contributed by atoms with Crippen molar-refractivity contribution < 1.29 is 9.37 Å². The molecule has 0 aliphatic carbocycles. The molecule has 27 heavy (non-hydrogen) atoms. The molecule has 4 rings (SSSR count). The van der Waals surface area contributed by atoms with Gasteiger partial charge in [0.2, 0.25) is 11.3 Å². The van der Waals surface area contributed by atoms with E-state index in [4.69, 9.17) is 32.6 Å². The molecule has 4 N–H and O–H groups in total. The van der Waals surface area contributed by atoms with E-state index in [9.17, 15) is 0 Å². The molecular formula is C17H14Cl2N6O2. The quantitative estimate of drug-likeness (QED) is 0.492. The van der Waals surface area contributed by atoms with Gasteiger partial charge in [0.25, 0.3) is 0 Å². The Kier molecular flexibility index (Phi) is 5.41. The predicted molar refractivity (Wildman–Crippen MR) is 104 cm³/mol. The molecule has 2 aromatic carbocycles. The second kappa shape index (κ2) is 7.75. The summed E-state index contributed by atoms with van der Waals surface area (Å²) in [5.41, 5.74) is 2.73. The number of fused-ring (bicyclic) bond motifs is 1. The lowest BCUT2D eigenvalue weighted by atomic mass is 10.1. The molecule has 0 aliphatic heterocycles. The van der Waals surface area contributed by atoms with Crippen LogP contribution in [0.3, 0.4) is 0 Å². The summed E-state index contributed by atoms with van der Waals surface area (Å²) in [4.78, 5) is 8.96. The van der Waals surface area contributed by atoms with Crippen molar-refractivity contribution in [3.8, 4) is 17.0 Å². The van der Waals surface area contributed by atoms with Crippen molar-refractivity contribution in [3.63, 3.8) is 0 Å². The number of ether oxygens (including phenoxy) is 1. The molecule has 0 fully saturated rings. The van der Waals surface area contributed by atoms with Crippen LogP contribution in [0.25, 0.3) is 22.6 Å². The lowest BCUT2D eigenvalue weighted by Crippen LogP contribution is -2.00. The number of halogens is 2. The Hall–Kier alpha value is -2.94. The van der Waals surface area contributed by atoms with Crippen molar-refractivity contribution in [2.24, 2.45) is 0 Å². The number of hydrogen-bond acceptors (Lipinski definition) is 8. The number of hydrogen-bond donors (Lipinski definition) is 2. The van der Waals surface area contributed by atoms with Crippen molar-refractivity contribution in [1.29, 1.82) is 0 Å². The molecule has 0 saturated heterocycles. The first-order valence-electron chi connectivity index (χ1n) is 7.51. The minimum atomic E-state index is 0. The highest BCUT2D eigenvalue weighted by molar-refractivity contribution is 6.42. The average Bonchev–Trinajstić information content (AvgIpc) is 3.11. The Labute approximate surface area is 164 Å². The first kappa shape index (κ1) is 18.8. The van der Waals surface area contributed by atoms with Crippen molar-refractivity contribution in [2.45, 2.75) is 0 Å². The maximum Gasteiger partial charge on any atom is 0.245 e. The Bertz CT molecular complexity index is 1080. The lowest BCUT2D eigenvalue weighted by Gasteiger charge is -2.11. The Morgan fingerprint density at radius 3 is 2.30 bits per heavy atom. The molecule has 0 aliphatic rings. The zero-order valence-electron chi connectivity index (χ0n) is 14.1. The minimum absolute atomic E-state index is 0. The molecule has 0 amide bonds. The normalized spacial score (nSPS) is 10.5. The standard InChI is InChI=1S/C17H11Cl2N5O2.H3N/c1-25-11-5-2-9(3-6-11)14-15(22-17-16(21-14)23-26-24-17)20-10-4-7-12(18)13(19)8-10;/h2-8H,1H3,(H,20,22,24);1H3.